The van der Waals surface area contributed by atoms with E-state index in [4.69, 9.17) is 4.74 Å². The van der Waals surface area contributed by atoms with Gasteiger partial charge in [0.05, 0.1) is 17.2 Å². The van der Waals surface area contributed by atoms with Crippen LogP contribution in [0.15, 0.2) is 71.6 Å². The fourth-order valence-corrected chi connectivity index (χ4v) is 4.89. The van der Waals surface area contributed by atoms with Gasteiger partial charge in [-0.05, 0) is 79.9 Å². The van der Waals surface area contributed by atoms with Crippen molar-refractivity contribution < 1.29 is 17.9 Å². The van der Waals surface area contributed by atoms with Crippen LogP contribution in [0.25, 0.3) is 0 Å². The van der Waals surface area contributed by atoms with Gasteiger partial charge in [0.25, 0.3) is 15.9 Å². The molecule has 0 aromatic heterocycles. The van der Waals surface area contributed by atoms with E-state index in [0.717, 1.165) is 29.7 Å². The van der Waals surface area contributed by atoms with Crippen LogP contribution in [0.1, 0.15) is 60.5 Å². The van der Waals surface area contributed by atoms with Crippen LogP contribution in [0.4, 0.5) is 11.4 Å². The molecule has 0 saturated heterocycles. The molecule has 3 aromatic carbocycles. The van der Waals surface area contributed by atoms with E-state index in [-0.39, 0.29) is 10.8 Å². The lowest BCUT2D eigenvalue weighted by atomic mass is 10.1. The van der Waals surface area contributed by atoms with Gasteiger partial charge in [-0.25, -0.2) is 8.42 Å². The summed E-state index contributed by atoms with van der Waals surface area (Å²) in [4.78, 5) is 12.7. The van der Waals surface area contributed by atoms with Gasteiger partial charge < -0.3 is 10.1 Å². The lowest BCUT2D eigenvalue weighted by Gasteiger charge is -2.13. The summed E-state index contributed by atoms with van der Waals surface area (Å²) >= 11 is 0. The Morgan fingerprint density at radius 2 is 1.46 bits per heavy atom. The molecule has 186 valence electrons. The zero-order valence-electron chi connectivity index (χ0n) is 20.6. The Kier molecular flexibility index (Phi) is 9.32. The zero-order chi connectivity index (χ0) is 25.3. The van der Waals surface area contributed by atoms with Gasteiger partial charge in [0.15, 0.2) is 0 Å². The monoisotopic (exact) mass is 494 g/mol. The van der Waals surface area contributed by atoms with Gasteiger partial charge in [0.2, 0.25) is 0 Å². The van der Waals surface area contributed by atoms with E-state index >= 15 is 0 Å². The van der Waals surface area contributed by atoms with Crippen molar-refractivity contribution in [3.05, 3.63) is 83.4 Å². The van der Waals surface area contributed by atoms with E-state index in [2.05, 4.69) is 17.0 Å². The molecule has 0 spiro atoms. The van der Waals surface area contributed by atoms with Crippen LogP contribution >= 0.6 is 0 Å². The van der Waals surface area contributed by atoms with Crippen molar-refractivity contribution in [2.24, 2.45) is 0 Å². The molecular weight excluding hydrogens is 460 g/mol. The second kappa shape index (κ2) is 12.4. The highest BCUT2D eigenvalue weighted by atomic mass is 32.2. The average Bonchev–Trinajstić information content (AvgIpc) is 2.84. The van der Waals surface area contributed by atoms with Crippen molar-refractivity contribution >= 4 is 27.3 Å². The summed E-state index contributed by atoms with van der Waals surface area (Å²) in [7, 11) is -3.75. The predicted molar refractivity (Wildman–Crippen MR) is 142 cm³/mol. The lowest BCUT2D eigenvalue weighted by Crippen LogP contribution is -2.15. The maximum absolute atomic E-state index is 12.8. The minimum absolute atomic E-state index is 0.120. The number of anilines is 2. The molecule has 0 aliphatic heterocycles. The number of aryl methyl sites for hydroxylation is 2. The number of ether oxygens (including phenoxy) is 1. The number of rotatable bonds is 12. The summed E-state index contributed by atoms with van der Waals surface area (Å²) in [6.45, 7) is 6.58. The first-order valence-electron chi connectivity index (χ1n) is 12.0. The molecule has 0 atom stereocenters. The maximum atomic E-state index is 12.8. The first kappa shape index (κ1) is 26.3. The van der Waals surface area contributed by atoms with Crippen molar-refractivity contribution in [3.63, 3.8) is 0 Å². The summed E-state index contributed by atoms with van der Waals surface area (Å²) in [5.41, 5.74) is 3.28. The number of benzene rings is 3. The van der Waals surface area contributed by atoms with E-state index < -0.39 is 10.0 Å². The molecule has 0 aliphatic carbocycles. The van der Waals surface area contributed by atoms with E-state index in [1.807, 2.05) is 32.0 Å². The standard InChI is InChI=1S/C28H34N2O4S/c1-4-5-6-7-8-20-34-25-16-12-23(13-17-25)28(31)29-24-14-18-26(19-15-24)35(32,33)30-27-21(2)10-9-11-22(27)3/h9-19,30H,4-8,20H2,1-3H3,(H,29,31). The van der Waals surface area contributed by atoms with Gasteiger partial charge in [0, 0.05) is 11.3 Å². The Morgan fingerprint density at radius 3 is 2.09 bits per heavy atom. The van der Waals surface area contributed by atoms with Crippen LogP contribution in [-0.4, -0.2) is 20.9 Å². The summed E-state index contributed by atoms with van der Waals surface area (Å²) in [6.07, 6.45) is 5.89. The molecule has 0 radical (unpaired) electrons. The smallest absolute Gasteiger partial charge is 0.261 e. The summed E-state index contributed by atoms with van der Waals surface area (Å²) in [5, 5.41) is 2.80. The van der Waals surface area contributed by atoms with Gasteiger partial charge in [-0.1, -0.05) is 50.8 Å². The average molecular weight is 495 g/mol. The minimum atomic E-state index is -3.75. The van der Waals surface area contributed by atoms with Gasteiger partial charge in [-0.3, -0.25) is 9.52 Å². The molecular formula is C28H34N2O4S. The first-order valence-corrected chi connectivity index (χ1v) is 13.5. The van der Waals surface area contributed by atoms with Crippen LogP contribution in [0.2, 0.25) is 0 Å². The van der Waals surface area contributed by atoms with Gasteiger partial charge in [-0.15, -0.1) is 0 Å². The fraction of sp³-hybridized carbons (Fsp3) is 0.321. The second-order valence-electron chi connectivity index (χ2n) is 8.64. The molecule has 3 aromatic rings. The normalized spacial score (nSPS) is 11.2. The summed E-state index contributed by atoms with van der Waals surface area (Å²) < 4.78 is 34.1. The molecule has 0 bridgehead atoms. The van der Waals surface area contributed by atoms with Crippen LogP contribution in [0.5, 0.6) is 5.75 Å². The number of unbranched alkanes of at least 4 members (excludes halogenated alkanes) is 4. The van der Waals surface area contributed by atoms with Crippen molar-refractivity contribution in [3.8, 4) is 5.75 Å². The van der Waals surface area contributed by atoms with Crippen LogP contribution in [0, 0.1) is 13.8 Å². The molecule has 0 heterocycles. The van der Waals surface area contributed by atoms with Crippen molar-refractivity contribution in [1.82, 2.24) is 0 Å². The third-order valence-electron chi connectivity index (χ3n) is 5.77. The number of hydrogen-bond acceptors (Lipinski definition) is 4. The van der Waals surface area contributed by atoms with E-state index in [9.17, 15) is 13.2 Å². The molecule has 6 nitrogen and oxygen atoms in total. The fourth-order valence-electron chi connectivity index (χ4n) is 3.69. The molecule has 0 fully saturated rings. The number of carbonyl (C=O) groups is 1. The minimum Gasteiger partial charge on any atom is -0.494 e. The zero-order valence-corrected chi connectivity index (χ0v) is 21.5. The van der Waals surface area contributed by atoms with Crippen LogP contribution in [-0.2, 0) is 10.0 Å². The lowest BCUT2D eigenvalue weighted by molar-refractivity contribution is 0.102. The summed E-state index contributed by atoms with van der Waals surface area (Å²) in [5.74, 6) is 0.461. The molecule has 0 unspecified atom stereocenters. The topological polar surface area (TPSA) is 84.5 Å². The first-order chi connectivity index (χ1) is 16.8. The van der Waals surface area contributed by atoms with Crippen molar-refractivity contribution in [2.75, 3.05) is 16.6 Å². The number of para-hydroxylation sites is 1. The Labute approximate surface area is 208 Å². The Morgan fingerprint density at radius 1 is 0.829 bits per heavy atom. The predicted octanol–water partition coefficient (Wildman–Crippen LogP) is 6.71. The third kappa shape index (κ3) is 7.59. The number of sulfonamides is 1. The van der Waals surface area contributed by atoms with Crippen molar-refractivity contribution in [1.29, 1.82) is 0 Å². The molecule has 35 heavy (non-hydrogen) atoms. The number of nitrogens with one attached hydrogen (secondary N) is 2. The molecule has 2 N–H and O–H groups in total. The van der Waals surface area contributed by atoms with Crippen molar-refractivity contribution in [2.45, 2.75) is 57.8 Å². The van der Waals surface area contributed by atoms with Gasteiger partial charge in [-0.2, -0.15) is 0 Å². The highest BCUT2D eigenvalue weighted by Gasteiger charge is 2.17. The van der Waals surface area contributed by atoms with Gasteiger partial charge in [0.1, 0.15) is 5.75 Å². The maximum Gasteiger partial charge on any atom is 0.261 e. The number of carbonyl (C=O) groups excluding carboxylic acids is 1. The molecule has 0 aliphatic rings. The van der Waals surface area contributed by atoms with E-state index in [1.165, 1.54) is 31.4 Å². The largest absolute Gasteiger partial charge is 0.494 e. The molecule has 7 heteroatoms. The van der Waals surface area contributed by atoms with E-state index in [1.54, 1.807) is 36.4 Å². The number of hydrogen-bond donors (Lipinski definition) is 2. The molecule has 0 saturated carbocycles. The van der Waals surface area contributed by atoms with Crippen LogP contribution in [0.3, 0.4) is 0 Å². The van der Waals surface area contributed by atoms with Gasteiger partial charge >= 0.3 is 0 Å². The third-order valence-corrected chi connectivity index (χ3v) is 7.14. The second-order valence-corrected chi connectivity index (χ2v) is 10.3. The molecule has 3 rings (SSSR count). The Balaban J connectivity index is 1.56. The van der Waals surface area contributed by atoms with Crippen LogP contribution < -0.4 is 14.8 Å². The molecule has 1 amide bonds. The SMILES string of the molecule is CCCCCCCOc1ccc(C(=O)Nc2ccc(S(=O)(=O)Nc3c(C)cccc3C)cc2)cc1. The summed E-state index contributed by atoms with van der Waals surface area (Å²) in [6, 6.07) is 18.7. The highest BCUT2D eigenvalue weighted by molar-refractivity contribution is 7.92. The van der Waals surface area contributed by atoms with E-state index in [0.29, 0.717) is 23.5 Å². The quantitative estimate of drug-likeness (QED) is 0.274. The highest BCUT2D eigenvalue weighted by Crippen LogP contribution is 2.24. The number of amides is 1. The Hall–Kier alpha value is -3.32. The Bertz CT molecular complexity index is 1200.